The minimum atomic E-state index is -0.186. The maximum absolute atomic E-state index is 13.3. The zero-order valence-electron chi connectivity index (χ0n) is 17.2. The molecule has 0 heterocycles. The van der Waals surface area contributed by atoms with Crippen molar-refractivity contribution >= 4 is 22.9 Å². The molecule has 0 aliphatic carbocycles. The molecule has 0 fully saturated rings. The normalized spacial score (nSPS) is 10.2. The van der Waals surface area contributed by atoms with Gasteiger partial charge in [0.25, 0.3) is 5.91 Å². The van der Waals surface area contributed by atoms with Crippen LogP contribution in [0.25, 0.3) is 11.3 Å². The summed E-state index contributed by atoms with van der Waals surface area (Å²) in [6, 6.07) is 40.1. The highest BCUT2D eigenvalue weighted by atomic mass is 16.2. The molecule has 0 atom stereocenters. The first-order valence-corrected chi connectivity index (χ1v) is 10.2. The Hall–Kier alpha value is -4.17. The SMILES string of the molecule is C=CC(=O)N(C(=C(c1ccccc1)c1ccccc1)c1ccccc1)c1ccccc1. The highest BCUT2D eigenvalue weighted by Gasteiger charge is 2.24. The lowest BCUT2D eigenvalue weighted by atomic mass is 9.92. The fourth-order valence-electron chi connectivity index (χ4n) is 3.67. The van der Waals surface area contributed by atoms with E-state index in [4.69, 9.17) is 0 Å². The van der Waals surface area contributed by atoms with Crippen LogP contribution in [-0.2, 0) is 4.79 Å². The van der Waals surface area contributed by atoms with E-state index in [0.29, 0.717) is 0 Å². The largest absolute Gasteiger partial charge is 0.276 e. The number of carbonyl (C=O) groups excluding carboxylic acids is 1. The van der Waals surface area contributed by atoms with Crippen LogP contribution in [0.5, 0.6) is 0 Å². The van der Waals surface area contributed by atoms with E-state index in [-0.39, 0.29) is 5.91 Å². The number of benzene rings is 4. The predicted molar refractivity (Wildman–Crippen MR) is 129 cm³/mol. The Kier molecular flexibility index (Phi) is 6.20. The van der Waals surface area contributed by atoms with Crippen molar-refractivity contribution < 1.29 is 4.79 Å². The number of anilines is 1. The van der Waals surface area contributed by atoms with Crippen LogP contribution in [0.1, 0.15) is 16.7 Å². The third-order valence-electron chi connectivity index (χ3n) is 5.04. The maximum atomic E-state index is 13.3. The number of para-hydroxylation sites is 1. The third-order valence-corrected chi connectivity index (χ3v) is 5.04. The topological polar surface area (TPSA) is 20.3 Å². The van der Waals surface area contributed by atoms with Gasteiger partial charge in [-0.05, 0) is 34.9 Å². The van der Waals surface area contributed by atoms with Crippen molar-refractivity contribution in [2.24, 2.45) is 0 Å². The van der Waals surface area contributed by atoms with E-state index in [2.05, 4.69) is 30.8 Å². The van der Waals surface area contributed by atoms with Gasteiger partial charge in [-0.3, -0.25) is 9.69 Å². The molecule has 0 unspecified atom stereocenters. The molecule has 0 aliphatic rings. The minimum absolute atomic E-state index is 0.186. The summed E-state index contributed by atoms with van der Waals surface area (Å²) in [5.41, 5.74) is 5.59. The van der Waals surface area contributed by atoms with Gasteiger partial charge >= 0.3 is 0 Å². The predicted octanol–water partition coefficient (Wildman–Crippen LogP) is 6.82. The third kappa shape index (κ3) is 4.39. The zero-order chi connectivity index (χ0) is 21.5. The highest BCUT2D eigenvalue weighted by molar-refractivity contribution is 6.17. The molecule has 0 aromatic heterocycles. The molecule has 2 heteroatoms. The summed E-state index contributed by atoms with van der Waals surface area (Å²) >= 11 is 0. The fourth-order valence-corrected chi connectivity index (χ4v) is 3.67. The molecule has 0 spiro atoms. The van der Waals surface area contributed by atoms with Crippen LogP contribution >= 0.6 is 0 Å². The van der Waals surface area contributed by atoms with E-state index in [9.17, 15) is 4.79 Å². The Balaban J connectivity index is 2.13. The summed E-state index contributed by atoms with van der Waals surface area (Å²) in [7, 11) is 0. The smallest absolute Gasteiger partial charge is 0.254 e. The second-order valence-corrected chi connectivity index (χ2v) is 7.04. The molecule has 2 nitrogen and oxygen atoms in total. The van der Waals surface area contributed by atoms with Crippen molar-refractivity contribution in [1.82, 2.24) is 0 Å². The first-order chi connectivity index (χ1) is 15.3. The van der Waals surface area contributed by atoms with Gasteiger partial charge in [0.2, 0.25) is 0 Å². The Morgan fingerprint density at radius 3 is 1.39 bits per heavy atom. The highest BCUT2D eigenvalue weighted by Crippen LogP contribution is 2.37. The average molecular weight is 402 g/mol. The summed E-state index contributed by atoms with van der Waals surface area (Å²) < 4.78 is 0. The van der Waals surface area contributed by atoms with Crippen LogP contribution in [0, 0.1) is 0 Å². The molecule has 0 radical (unpaired) electrons. The van der Waals surface area contributed by atoms with Crippen LogP contribution in [0.2, 0.25) is 0 Å². The molecular formula is C29H23NO. The van der Waals surface area contributed by atoms with Gasteiger partial charge in [-0.25, -0.2) is 0 Å². The van der Waals surface area contributed by atoms with Crippen molar-refractivity contribution in [2.75, 3.05) is 4.90 Å². The van der Waals surface area contributed by atoms with Crippen molar-refractivity contribution in [3.05, 3.63) is 151 Å². The number of hydrogen-bond acceptors (Lipinski definition) is 1. The van der Waals surface area contributed by atoms with Crippen molar-refractivity contribution in [3.8, 4) is 0 Å². The lowest BCUT2D eigenvalue weighted by Gasteiger charge is -2.28. The first-order valence-electron chi connectivity index (χ1n) is 10.2. The molecule has 0 aliphatic heterocycles. The van der Waals surface area contributed by atoms with Gasteiger partial charge in [0.1, 0.15) is 0 Å². The van der Waals surface area contributed by atoms with E-state index in [1.165, 1.54) is 6.08 Å². The Bertz CT molecular complexity index is 1140. The number of hydrogen-bond donors (Lipinski definition) is 0. The second-order valence-electron chi connectivity index (χ2n) is 7.04. The van der Waals surface area contributed by atoms with Crippen LogP contribution < -0.4 is 4.90 Å². The van der Waals surface area contributed by atoms with Crippen LogP contribution in [0.3, 0.4) is 0 Å². The Morgan fingerprint density at radius 2 is 0.968 bits per heavy atom. The Morgan fingerprint density at radius 1 is 0.581 bits per heavy atom. The summed E-state index contributed by atoms with van der Waals surface area (Å²) in [5.74, 6) is -0.186. The second kappa shape index (κ2) is 9.55. The standard InChI is InChI=1S/C29H23NO/c1-2-27(31)30(26-21-13-6-14-22-26)29(25-19-11-5-12-20-25)28(23-15-7-3-8-16-23)24-17-9-4-10-18-24/h2-22H,1H2. The molecule has 4 rings (SSSR count). The lowest BCUT2D eigenvalue weighted by Crippen LogP contribution is -2.28. The number of nitrogens with zero attached hydrogens (tertiary/aromatic N) is 1. The first kappa shape index (κ1) is 20.1. The summed E-state index contributed by atoms with van der Waals surface area (Å²) in [6.07, 6.45) is 1.36. The molecule has 1 amide bonds. The number of rotatable bonds is 6. The van der Waals surface area contributed by atoms with Crippen LogP contribution in [-0.4, -0.2) is 5.91 Å². The minimum Gasteiger partial charge on any atom is -0.276 e. The summed E-state index contributed by atoms with van der Waals surface area (Å²) in [6.45, 7) is 3.77. The van der Waals surface area contributed by atoms with E-state index in [1.807, 2.05) is 97.1 Å². The molecule has 150 valence electrons. The number of amides is 1. The molecule has 0 N–H and O–H groups in total. The monoisotopic (exact) mass is 401 g/mol. The van der Waals surface area contributed by atoms with E-state index in [0.717, 1.165) is 33.6 Å². The average Bonchev–Trinajstić information content (AvgIpc) is 2.86. The van der Waals surface area contributed by atoms with Crippen molar-refractivity contribution in [1.29, 1.82) is 0 Å². The van der Waals surface area contributed by atoms with Gasteiger partial charge in [-0.15, -0.1) is 0 Å². The van der Waals surface area contributed by atoms with Gasteiger partial charge in [0.15, 0.2) is 0 Å². The molecule has 4 aromatic rings. The van der Waals surface area contributed by atoms with Crippen LogP contribution in [0.4, 0.5) is 5.69 Å². The lowest BCUT2D eigenvalue weighted by molar-refractivity contribution is -0.113. The van der Waals surface area contributed by atoms with Crippen LogP contribution in [0.15, 0.2) is 134 Å². The van der Waals surface area contributed by atoms with E-state index >= 15 is 0 Å². The molecule has 0 saturated heterocycles. The molecule has 0 saturated carbocycles. The molecular weight excluding hydrogens is 378 g/mol. The molecule has 0 bridgehead atoms. The van der Waals surface area contributed by atoms with Gasteiger partial charge in [0, 0.05) is 11.3 Å². The van der Waals surface area contributed by atoms with Gasteiger partial charge < -0.3 is 0 Å². The van der Waals surface area contributed by atoms with Gasteiger partial charge in [0.05, 0.1) is 5.70 Å². The van der Waals surface area contributed by atoms with Gasteiger partial charge in [-0.2, -0.15) is 0 Å². The quantitative estimate of drug-likeness (QED) is 0.256. The van der Waals surface area contributed by atoms with Gasteiger partial charge in [-0.1, -0.05) is 116 Å². The Labute approximate surface area is 183 Å². The zero-order valence-corrected chi connectivity index (χ0v) is 17.2. The van der Waals surface area contributed by atoms with Crippen molar-refractivity contribution in [3.63, 3.8) is 0 Å². The van der Waals surface area contributed by atoms with Crippen molar-refractivity contribution in [2.45, 2.75) is 0 Å². The summed E-state index contributed by atoms with van der Waals surface area (Å²) in [4.78, 5) is 15.0. The maximum Gasteiger partial charge on any atom is 0.254 e. The fraction of sp³-hybridized carbons (Fsp3) is 0. The molecule has 31 heavy (non-hydrogen) atoms. The summed E-state index contributed by atoms with van der Waals surface area (Å²) in [5, 5.41) is 0. The number of carbonyl (C=O) groups is 1. The molecule has 4 aromatic carbocycles. The van der Waals surface area contributed by atoms with E-state index < -0.39 is 0 Å². The van der Waals surface area contributed by atoms with E-state index in [1.54, 1.807) is 4.90 Å².